The summed E-state index contributed by atoms with van der Waals surface area (Å²) in [6, 6.07) is 5.72. The van der Waals surface area contributed by atoms with Crippen molar-refractivity contribution in [3.8, 4) is 5.75 Å². The zero-order valence-electron chi connectivity index (χ0n) is 10.2. The Bertz CT molecular complexity index is 375. The molecule has 0 radical (unpaired) electrons. The number of hydrogen-bond acceptors (Lipinski definition) is 3. The molecule has 0 aromatic heterocycles. The second kappa shape index (κ2) is 5.39. The topological polar surface area (TPSA) is 41.6 Å². The molecule has 0 heterocycles. The average molecular weight is 222 g/mol. The van der Waals surface area contributed by atoms with E-state index in [1.807, 2.05) is 25.1 Å². The van der Waals surface area contributed by atoms with E-state index in [1.54, 1.807) is 26.1 Å². The fourth-order valence-corrected chi connectivity index (χ4v) is 1.29. The predicted octanol–water partition coefficient (Wildman–Crippen LogP) is 1.50. The molecular weight excluding hydrogens is 204 g/mol. The fourth-order valence-electron chi connectivity index (χ4n) is 1.29. The Labute approximate surface area is 96.2 Å². The number of methoxy groups -OCH3 is 1. The summed E-state index contributed by atoms with van der Waals surface area (Å²) in [6.45, 7) is 2.28. The molecule has 0 fully saturated rings. The second-order valence-electron chi connectivity index (χ2n) is 3.82. The van der Waals surface area contributed by atoms with Gasteiger partial charge in [-0.2, -0.15) is 0 Å². The highest BCUT2D eigenvalue weighted by Gasteiger charge is 2.05. The Morgan fingerprint density at radius 2 is 2.12 bits per heavy atom. The van der Waals surface area contributed by atoms with Gasteiger partial charge in [0, 0.05) is 19.8 Å². The van der Waals surface area contributed by atoms with Gasteiger partial charge in [-0.3, -0.25) is 4.79 Å². The third-order valence-electron chi connectivity index (χ3n) is 2.36. The van der Waals surface area contributed by atoms with Gasteiger partial charge in [-0.15, -0.1) is 0 Å². The molecule has 0 saturated heterocycles. The van der Waals surface area contributed by atoms with Crippen LogP contribution in [0.15, 0.2) is 18.2 Å². The number of aryl methyl sites for hydroxylation is 1. The van der Waals surface area contributed by atoms with E-state index in [1.165, 1.54) is 0 Å². The summed E-state index contributed by atoms with van der Waals surface area (Å²) in [5, 5.41) is 3.10. The quantitative estimate of drug-likeness (QED) is 0.839. The Balaban J connectivity index is 2.64. The summed E-state index contributed by atoms with van der Waals surface area (Å²) in [5.74, 6) is 0.872. The summed E-state index contributed by atoms with van der Waals surface area (Å²) in [7, 11) is 5.12. The van der Waals surface area contributed by atoms with Crippen molar-refractivity contribution in [2.45, 2.75) is 6.92 Å². The molecule has 88 valence electrons. The highest BCUT2D eigenvalue weighted by Crippen LogP contribution is 2.20. The summed E-state index contributed by atoms with van der Waals surface area (Å²) in [6.07, 6.45) is 0. The summed E-state index contributed by atoms with van der Waals surface area (Å²) >= 11 is 0. The molecule has 0 spiro atoms. The van der Waals surface area contributed by atoms with Gasteiger partial charge in [0.25, 0.3) is 0 Å². The fraction of sp³-hybridized carbons (Fsp3) is 0.417. The Morgan fingerprint density at radius 1 is 1.44 bits per heavy atom. The minimum atomic E-state index is 0.0511. The first-order valence-electron chi connectivity index (χ1n) is 5.13. The average Bonchev–Trinajstić information content (AvgIpc) is 2.26. The van der Waals surface area contributed by atoms with E-state index >= 15 is 0 Å². The van der Waals surface area contributed by atoms with Crippen LogP contribution in [0, 0.1) is 6.92 Å². The van der Waals surface area contributed by atoms with Crippen LogP contribution in [0.3, 0.4) is 0 Å². The smallest absolute Gasteiger partial charge is 0.241 e. The van der Waals surface area contributed by atoms with Crippen molar-refractivity contribution in [2.75, 3.05) is 33.1 Å². The van der Waals surface area contributed by atoms with Crippen molar-refractivity contribution < 1.29 is 9.53 Å². The first-order valence-corrected chi connectivity index (χ1v) is 5.13. The molecule has 0 aliphatic heterocycles. The number of likely N-dealkylation sites (N-methyl/N-ethyl adjacent to an activating group) is 1. The lowest BCUT2D eigenvalue weighted by Crippen LogP contribution is -2.28. The second-order valence-corrected chi connectivity index (χ2v) is 3.82. The van der Waals surface area contributed by atoms with Crippen molar-refractivity contribution in [2.24, 2.45) is 0 Å². The van der Waals surface area contributed by atoms with Crippen LogP contribution < -0.4 is 10.1 Å². The normalized spacial score (nSPS) is 9.75. The lowest BCUT2D eigenvalue weighted by Gasteiger charge is -2.13. The van der Waals surface area contributed by atoms with Crippen LogP contribution >= 0.6 is 0 Å². The molecular formula is C12H18N2O2. The van der Waals surface area contributed by atoms with E-state index in [0.717, 1.165) is 17.0 Å². The minimum Gasteiger partial charge on any atom is -0.497 e. The van der Waals surface area contributed by atoms with Gasteiger partial charge in [0.2, 0.25) is 5.91 Å². The van der Waals surface area contributed by atoms with Gasteiger partial charge in [0.1, 0.15) is 5.75 Å². The number of nitrogens with one attached hydrogen (secondary N) is 1. The first kappa shape index (κ1) is 12.4. The molecule has 1 aromatic carbocycles. The van der Waals surface area contributed by atoms with Crippen LogP contribution in [0.1, 0.15) is 5.56 Å². The number of hydrogen-bond donors (Lipinski definition) is 1. The third-order valence-corrected chi connectivity index (χ3v) is 2.36. The molecule has 0 atom stereocenters. The largest absolute Gasteiger partial charge is 0.497 e. The number of carbonyl (C=O) groups excluding carboxylic acids is 1. The van der Waals surface area contributed by atoms with Gasteiger partial charge < -0.3 is 15.0 Å². The zero-order valence-corrected chi connectivity index (χ0v) is 10.2. The molecule has 0 bridgehead atoms. The molecule has 0 aliphatic rings. The minimum absolute atomic E-state index is 0.0511. The van der Waals surface area contributed by atoms with Crippen molar-refractivity contribution in [3.63, 3.8) is 0 Å². The van der Waals surface area contributed by atoms with Crippen LogP contribution in [-0.2, 0) is 4.79 Å². The number of rotatable bonds is 4. The summed E-state index contributed by atoms with van der Waals surface area (Å²) in [4.78, 5) is 13.0. The van der Waals surface area contributed by atoms with E-state index < -0.39 is 0 Å². The maximum absolute atomic E-state index is 11.4. The molecule has 4 heteroatoms. The number of benzene rings is 1. The van der Waals surface area contributed by atoms with Crippen molar-refractivity contribution in [1.29, 1.82) is 0 Å². The SMILES string of the molecule is COc1ccc(NCC(=O)N(C)C)c(C)c1. The molecule has 1 aromatic rings. The molecule has 0 aliphatic carbocycles. The predicted molar refractivity (Wildman–Crippen MR) is 64.9 cm³/mol. The van der Waals surface area contributed by atoms with Gasteiger partial charge in [0.05, 0.1) is 13.7 Å². The lowest BCUT2D eigenvalue weighted by atomic mass is 10.2. The standard InChI is InChI=1S/C12H18N2O2/c1-9-7-10(16-4)5-6-11(9)13-8-12(15)14(2)3/h5-7,13H,8H2,1-4H3. The molecule has 1 rings (SSSR count). The van der Waals surface area contributed by atoms with Gasteiger partial charge in [-0.25, -0.2) is 0 Å². The van der Waals surface area contributed by atoms with E-state index in [4.69, 9.17) is 4.74 Å². The van der Waals surface area contributed by atoms with Gasteiger partial charge in [-0.1, -0.05) is 0 Å². The van der Waals surface area contributed by atoms with Gasteiger partial charge >= 0.3 is 0 Å². The number of nitrogens with zero attached hydrogens (tertiary/aromatic N) is 1. The van der Waals surface area contributed by atoms with E-state index in [2.05, 4.69) is 5.32 Å². The lowest BCUT2D eigenvalue weighted by molar-refractivity contribution is -0.126. The molecule has 1 N–H and O–H groups in total. The van der Waals surface area contributed by atoms with Crippen LogP contribution in [0.5, 0.6) is 5.75 Å². The van der Waals surface area contributed by atoms with E-state index in [9.17, 15) is 4.79 Å². The van der Waals surface area contributed by atoms with Crippen molar-refractivity contribution in [1.82, 2.24) is 4.90 Å². The maximum Gasteiger partial charge on any atom is 0.241 e. The number of ether oxygens (including phenoxy) is 1. The van der Waals surface area contributed by atoms with E-state index in [-0.39, 0.29) is 5.91 Å². The van der Waals surface area contributed by atoms with Gasteiger partial charge in [-0.05, 0) is 30.7 Å². The number of carbonyl (C=O) groups is 1. The molecule has 16 heavy (non-hydrogen) atoms. The monoisotopic (exact) mass is 222 g/mol. The molecule has 0 unspecified atom stereocenters. The van der Waals surface area contributed by atoms with Crippen LogP contribution in [0.25, 0.3) is 0 Å². The molecule has 4 nitrogen and oxygen atoms in total. The van der Waals surface area contributed by atoms with E-state index in [0.29, 0.717) is 6.54 Å². The first-order chi connectivity index (χ1) is 7.54. The number of amides is 1. The Morgan fingerprint density at radius 3 is 2.62 bits per heavy atom. The van der Waals surface area contributed by atoms with Crippen molar-refractivity contribution >= 4 is 11.6 Å². The molecule has 0 saturated carbocycles. The third kappa shape index (κ3) is 3.15. The van der Waals surface area contributed by atoms with Crippen molar-refractivity contribution in [3.05, 3.63) is 23.8 Å². The van der Waals surface area contributed by atoms with Crippen LogP contribution in [0.4, 0.5) is 5.69 Å². The van der Waals surface area contributed by atoms with Crippen LogP contribution in [-0.4, -0.2) is 38.6 Å². The summed E-state index contributed by atoms with van der Waals surface area (Å²) in [5.41, 5.74) is 2.02. The van der Waals surface area contributed by atoms with Gasteiger partial charge in [0.15, 0.2) is 0 Å². The Hall–Kier alpha value is -1.71. The molecule has 1 amide bonds. The number of anilines is 1. The highest BCUT2D eigenvalue weighted by molar-refractivity contribution is 5.80. The van der Waals surface area contributed by atoms with Crippen LogP contribution in [0.2, 0.25) is 0 Å². The Kier molecular flexibility index (Phi) is 4.17. The highest BCUT2D eigenvalue weighted by atomic mass is 16.5. The summed E-state index contributed by atoms with van der Waals surface area (Å²) < 4.78 is 5.11. The zero-order chi connectivity index (χ0) is 12.1. The maximum atomic E-state index is 11.4.